The number of benzene rings is 2. The monoisotopic (exact) mass is 401 g/mol. The SMILES string of the molecule is CCC(Nc1ccc(Cl)c(Br)c1)c1ccc(Br)cc1. The summed E-state index contributed by atoms with van der Waals surface area (Å²) in [6, 6.07) is 14.6. The molecule has 0 aliphatic carbocycles. The number of anilines is 1. The predicted molar refractivity (Wildman–Crippen MR) is 89.9 cm³/mol. The van der Waals surface area contributed by atoms with Gasteiger partial charge in [-0.05, 0) is 58.2 Å². The Morgan fingerprint density at radius 3 is 2.37 bits per heavy atom. The van der Waals surface area contributed by atoms with Gasteiger partial charge in [0, 0.05) is 14.6 Å². The van der Waals surface area contributed by atoms with E-state index in [4.69, 9.17) is 11.6 Å². The molecule has 0 bridgehead atoms. The van der Waals surface area contributed by atoms with Crippen molar-refractivity contribution in [2.75, 3.05) is 5.32 Å². The molecule has 0 aromatic heterocycles. The van der Waals surface area contributed by atoms with Gasteiger partial charge in [-0.1, -0.05) is 46.6 Å². The molecule has 0 fully saturated rings. The molecule has 2 aromatic rings. The molecule has 1 unspecified atom stereocenters. The highest BCUT2D eigenvalue weighted by Crippen LogP contribution is 2.29. The molecule has 1 N–H and O–H groups in total. The van der Waals surface area contributed by atoms with Crippen LogP contribution in [0.1, 0.15) is 24.9 Å². The van der Waals surface area contributed by atoms with E-state index in [2.05, 4.69) is 68.4 Å². The second kappa shape index (κ2) is 6.78. The smallest absolute Gasteiger partial charge is 0.0549 e. The molecule has 0 aliphatic heterocycles. The van der Waals surface area contributed by atoms with Gasteiger partial charge < -0.3 is 5.32 Å². The van der Waals surface area contributed by atoms with Gasteiger partial charge in [0.05, 0.1) is 11.1 Å². The maximum atomic E-state index is 6.01. The average Bonchev–Trinajstić information content (AvgIpc) is 2.41. The van der Waals surface area contributed by atoms with E-state index in [0.29, 0.717) is 6.04 Å². The first kappa shape index (κ1) is 14.9. The van der Waals surface area contributed by atoms with Crippen molar-refractivity contribution in [3.8, 4) is 0 Å². The van der Waals surface area contributed by atoms with E-state index in [1.165, 1.54) is 5.56 Å². The topological polar surface area (TPSA) is 12.0 Å². The zero-order valence-corrected chi connectivity index (χ0v) is 14.4. The maximum absolute atomic E-state index is 6.01. The van der Waals surface area contributed by atoms with Crippen molar-refractivity contribution >= 4 is 49.1 Å². The number of halogens is 3. The van der Waals surface area contributed by atoms with Crippen molar-refractivity contribution in [2.24, 2.45) is 0 Å². The van der Waals surface area contributed by atoms with Gasteiger partial charge in [-0.15, -0.1) is 0 Å². The molecule has 100 valence electrons. The molecule has 0 aliphatic rings. The summed E-state index contributed by atoms with van der Waals surface area (Å²) in [7, 11) is 0. The first-order chi connectivity index (χ1) is 9.10. The van der Waals surface area contributed by atoms with Crippen LogP contribution < -0.4 is 5.32 Å². The van der Waals surface area contributed by atoms with E-state index < -0.39 is 0 Å². The minimum absolute atomic E-state index is 0.293. The lowest BCUT2D eigenvalue weighted by Crippen LogP contribution is -2.09. The van der Waals surface area contributed by atoms with Crippen LogP contribution >= 0.6 is 43.5 Å². The predicted octanol–water partition coefficient (Wildman–Crippen LogP) is 6.43. The van der Waals surface area contributed by atoms with Crippen molar-refractivity contribution in [1.82, 2.24) is 0 Å². The molecular formula is C15H14Br2ClN. The molecule has 1 atom stereocenters. The molecule has 0 saturated carbocycles. The summed E-state index contributed by atoms with van der Waals surface area (Å²) in [5, 5.41) is 4.25. The van der Waals surface area contributed by atoms with Crippen LogP contribution in [0.4, 0.5) is 5.69 Å². The Bertz CT molecular complexity index is 555. The Labute approximate surface area is 135 Å². The molecule has 1 nitrogen and oxygen atoms in total. The largest absolute Gasteiger partial charge is 0.378 e. The molecule has 0 amide bonds. The molecule has 4 heteroatoms. The highest BCUT2D eigenvalue weighted by atomic mass is 79.9. The Hall–Kier alpha value is -0.510. The summed E-state index contributed by atoms with van der Waals surface area (Å²) in [6.07, 6.45) is 1.02. The first-order valence-electron chi connectivity index (χ1n) is 6.07. The Balaban J connectivity index is 2.18. The van der Waals surface area contributed by atoms with Crippen LogP contribution in [-0.4, -0.2) is 0 Å². The van der Waals surface area contributed by atoms with Crippen LogP contribution in [-0.2, 0) is 0 Å². The zero-order valence-electron chi connectivity index (χ0n) is 10.5. The summed E-state index contributed by atoms with van der Waals surface area (Å²) in [6.45, 7) is 2.17. The van der Waals surface area contributed by atoms with Gasteiger partial charge in [0.1, 0.15) is 0 Å². The Morgan fingerprint density at radius 1 is 1.11 bits per heavy atom. The van der Waals surface area contributed by atoms with Crippen molar-refractivity contribution in [3.05, 3.63) is 62.0 Å². The molecule has 19 heavy (non-hydrogen) atoms. The van der Waals surface area contributed by atoms with Crippen molar-refractivity contribution in [1.29, 1.82) is 0 Å². The molecule has 2 rings (SSSR count). The van der Waals surface area contributed by atoms with Gasteiger partial charge in [0.15, 0.2) is 0 Å². The summed E-state index contributed by atoms with van der Waals surface area (Å²) in [4.78, 5) is 0. The van der Waals surface area contributed by atoms with Crippen molar-refractivity contribution < 1.29 is 0 Å². The third-order valence-corrected chi connectivity index (χ3v) is 4.68. The number of rotatable bonds is 4. The first-order valence-corrected chi connectivity index (χ1v) is 8.03. The van der Waals surface area contributed by atoms with E-state index >= 15 is 0 Å². The van der Waals surface area contributed by atoms with E-state index in [9.17, 15) is 0 Å². The second-order valence-corrected chi connectivity index (χ2v) is 6.46. The van der Waals surface area contributed by atoms with Crippen LogP contribution in [0.5, 0.6) is 0 Å². The van der Waals surface area contributed by atoms with Crippen molar-refractivity contribution in [2.45, 2.75) is 19.4 Å². The van der Waals surface area contributed by atoms with Crippen LogP contribution in [0.15, 0.2) is 51.4 Å². The summed E-state index contributed by atoms with van der Waals surface area (Å²) in [5.41, 5.74) is 2.34. The quantitative estimate of drug-likeness (QED) is 0.620. The Morgan fingerprint density at radius 2 is 1.79 bits per heavy atom. The van der Waals surface area contributed by atoms with Gasteiger partial charge in [0.25, 0.3) is 0 Å². The van der Waals surface area contributed by atoms with Gasteiger partial charge >= 0.3 is 0 Å². The molecule has 0 heterocycles. The van der Waals surface area contributed by atoms with Gasteiger partial charge in [-0.25, -0.2) is 0 Å². The third kappa shape index (κ3) is 3.98. The van der Waals surface area contributed by atoms with E-state index in [1.54, 1.807) is 0 Å². The minimum Gasteiger partial charge on any atom is -0.378 e. The number of hydrogen-bond donors (Lipinski definition) is 1. The van der Waals surface area contributed by atoms with Crippen LogP contribution in [0, 0.1) is 0 Å². The zero-order chi connectivity index (χ0) is 13.8. The number of nitrogens with one attached hydrogen (secondary N) is 1. The van der Waals surface area contributed by atoms with Crippen LogP contribution in [0.2, 0.25) is 5.02 Å². The lowest BCUT2D eigenvalue weighted by molar-refractivity contribution is 0.749. The fourth-order valence-electron chi connectivity index (χ4n) is 1.90. The highest BCUT2D eigenvalue weighted by molar-refractivity contribution is 9.10. The molecule has 0 saturated heterocycles. The second-order valence-electron chi connectivity index (χ2n) is 4.29. The minimum atomic E-state index is 0.293. The molecular weight excluding hydrogens is 389 g/mol. The van der Waals surface area contributed by atoms with Gasteiger partial charge in [0.2, 0.25) is 0 Å². The van der Waals surface area contributed by atoms with Crippen LogP contribution in [0.25, 0.3) is 0 Å². The number of hydrogen-bond acceptors (Lipinski definition) is 1. The fourth-order valence-corrected chi connectivity index (χ4v) is 2.66. The normalized spacial score (nSPS) is 12.2. The summed E-state index contributed by atoms with van der Waals surface area (Å²) in [5.74, 6) is 0. The Kier molecular flexibility index (Phi) is 5.31. The molecule has 0 spiro atoms. The maximum Gasteiger partial charge on any atom is 0.0549 e. The van der Waals surface area contributed by atoms with E-state index in [-0.39, 0.29) is 0 Å². The average molecular weight is 404 g/mol. The van der Waals surface area contributed by atoms with Gasteiger partial charge in [-0.2, -0.15) is 0 Å². The van der Waals surface area contributed by atoms with Gasteiger partial charge in [-0.3, -0.25) is 0 Å². The highest BCUT2D eigenvalue weighted by Gasteiger charge is 2.09. The van der Waals surface area contributed by atoms with E-state index in [1.807, 2.05) is 18.2 Å². The lowest BCUT2D eigenvalue weighted by atomic mass is 10.0. The van der Waals surface area contributed by atoms with E-state index in [0.717, 1.165) is 26.1 Å². The molecule has 0 radical (unpaired) electrons. The van der Waals surface area contributed by atoms with Crippen LogP contribution in [0.3, 0.4) is 0 Å². The standard InChI is InChI=1S/C15H14Br2ClN/c1-2-15(10-3-5-11(16)6-4-10)19-12-7-8-14(18)13(17)9-12/h3-9,15,19H,2H2,1H3. The molecule has 2 aromatic carbocycles. The lowest BCUT2D eigenvalue weighted by Gasteiger charge is -2.19. The van der Waals surface area contributed by atoms with Crippen molar-refractivity contribution in [3.63, 3.8) is 0 Å². The third-order valence-electron chi connectivity index (χ3n) is 2.94. The fraction of sp³-hybridized carbons (Fsp3) is 0.200. The summed E-state index contributed by atoms with van der Waals surface area (Å²) < 4.78 is 2.00. The summed E-state index contributed by atoms with van der Waals surface area (Å²) >= 11 is 12.9.